The highest BCUT2D eigenvalue weighted by molar-refractivity contribution is 9.10. The molecule has 0 atom stereocenters. The van der Waals surface area contributed by atoms with E-state index in [1.807, 2.05) is 0 Å². The molecule has 0 unspecified atom stereocenters. The van der Waals surface area contributed by atoms with Gasteiger partial charge in [0.1, 0.15) is 6.61 Å². The van der Waals surface area contributed by atoms with Crippen molar-refractivity contribution in [2.24, 2.45) is 0 Å². The fourth-order valence-electron chi connectivity index (χ4n) is 1.43. The third kappa shape index (κ3) is 2.62. The van der Waals surface area contributed by atoms with Crippen LogP contribution in [0.1, 0.15) is 15.9 Å². The number of aromatic carboxylic acids is 1. The Labute approximate surface area is 111 Å². The van der Waals surface area contributed by atoms with E-state index in [9.17, 15) is 4.79 Å². The number of halogens is 1. The van der Waals surface area contributed by atoms with Gasteiger partial charge in [0.2, 0.25) is 5.88 Å². The third-order valence-electron chi connectivity index (χ3n) is 2.27. The monoisotopic (exact) mass is 312 g/mol. The first-order chi connectivity index (χ1) is 8.58. The van der Waals surface area contributed by atoms with Gasteiger partial charge in [-0.25, -0.2) is 4.79 Å². The average Bonchev–Trinajstić information content (AvgIpc) is 2.73. The van der Waals surface area contributed by atoms with Crippen LogP contribution in [-0.2, 0) is 6.61 Å². The number of hydrogen-bond donors (Lipinski definition) is 2. The fourth-order valence-corrected chi connectivity index (χ4v) is 1.91. The summed E-state index contributed by atoms with van der Waals surface area (Å²) in [4.78, 5) is 11.7. The van der Waals surface area contributed by atoms with Crippen molar-refractivity contribution >= 4 is 21.9 Å². The van der Waals surface area contributed by atoms with Gasteiger partial charge in [-0.05, 0) is 12.1 Å². The van der Waals surface area contributed by atoms with Crippen LogP contribution in [-0.4, -0.2) is 26.2 Å². The summed E-state index contributed by atoms with van der Waals surface area (Å²) in [7, 11) is 0. The van der Waals surface area contributed by atoms with Crippen LogP contribution in [0.2, 0.25) is 0 Å². The lowest BCUT2D eigenvalue weighted by atomic mass is 10.1. The third-order valence-corrected chi connectivity index (χ3v) is 3.01. The molecule has 0 bridgehead atoms. The van der Waals surface area contributed by atoms with Gasteiger partial charge in [-0.1, -0.05) is 27.1 Å². The number of carbonyl (C=O) groups is 1. The van der Waals surface area contributed by atoms with Gasteiger partial charge in [0, 0.05) is 16.1 Å². The normalized spacial score (nSPS) is 10.3. The summed E-state index contributed by atoms with van der Waals surface area (Å²) in [5.41, 5.74) is 0.672. The van der Waals surface area contributed by atoms with Gasteiger partial charge < -0.3 is 15.1 Å². The highest BCUT2D eigenvalue weighted by Crippen LogP contribution is 2.22. The van der Waals surface area contributed by atoms with Crippen molar-refractivity contribution in [2.75, 3.05) is 0 Å². The Bertz CT molecular complexity index is 582. The molecule has 1 aromatic heterocycles. The summed E-state index contributed by atoms with van der Waals surface area (Å²) >= 11 is 3.28. The summed E-state index contributed by atoms with van der Waals surface area (Å²) in [5, 5.41) is 21.6. The zero-order valence-corrected chi connectivity index (χ0v) is 10.7. The number of carboxylic acid groups (broad SMARTS) is 1. The lowest BCUT2D eigenvalue weighted by Crippen LogP contribution is -2.06. The molecule has 0 radical (unpaired) electrons. The van der Waals surface area contributed by atoms with Gasteiger partial charge in [-0.2, -0.15) is 0 Å². The zero-order chi connectivity index (χ0) is 13.1. The Morgan fingerprint density at radius 2 is 2.22 bits per heavy atom. The van der Waals surface area contributed by atoms with E-state index in [2.05, 4.69) is 21.0 Å². The number of ether oxygens (including phenoxy) is 1. The van der Waals surface area contributed by atoms with Crippen LogP contribution in [0.5, 0.6) is 5.88 Å². The van der Waals surface area contributed by atoms with Gasteiger partial charge in [0.05, 0.1) is 11.8 Å². The first-order valence-electron chi connectivity index (χ1n) is 4.96. The highest BCUT2D eigenvalue weighted by Gasteiger charge is 2.13. The molecule has 2 aromatic rings. The summed E-state index contributed by atoms with van der Waals surface area (Å²) in [5.74, 6) is -0.813. The second-order valence-corrected chi connectivity index (χ2v) is 4.29. The van der Waals surface area contributed by atoms with Crippen molar-refractivity contribution in [3.05, 3.63) is 46.1 Å². The highest BCUT2D eigenvalue weighted by atomic mass is 79.9. The lowest BCUT2D eigenvalue weighted by molar-refractivity contribution is 0.0693. The van der Waals surface area contributed by atoms with Gasteiger partial charge in [-0.3, -0.25) is 0 Å². The second-order valence-electron chi connectivity index (χ2n) is 3.43. The van der Waals surface area contributed by atoms with E-state index >= 15 is 0 Å². The Balaban J connectivity index is 2.20. The van der Waals surface area contributed by atoms with E-state index in [0.717, 1.165) is 0 Å². The topological polar surface area (TPSA) is 84.6 Å². The van der Waals surface area contributed by atoms with Crippen LogP contribution in [0.3, 0.4) is 0 Å². The zero-order valence-electron chi connectivity index (χ0n) is 9.08. The number of benzene rings is 1. The van der Waals surface area contributed by atoms with Crippen molar-refractivity contribution in [1.82, 2.24) is 9.94 Å². The molecule has 2 rings (SSSR count). The Morgan fingerprint density at radius 1 is 1.44 bits per heavy atom. The van der Waals surface area contributed by atoms with Gasteiger partial charge in [-0.15, -0.1) is 4.85 Å². The summed E-state index contributed by atoms with van der Waals surface area (Å²) in [6.07, 6.45) is 1.31. The largest absolute Gasteiger partial charge is 0.478 e. The minimum Gasteiger partial charge on any atom is -0.478 e. The average molecular weight is 313 g/mol. The molecular weight excluding hydrogens is 304 g/mol. The Kier molecular flexibility index (Phi) is 3.52. The van der Waals surface area contributed by atoms with Crippen LogP contribution < -0.4 is 4.74 Å². The molecule has 0 fully saturated rings. The maximum absolute atomic E-state index is 11.1. The van der Waals surface area contributed by atoms with E-state index in [-0.39, 0.29) is 18.1 Å². The number of aromatic nitrogens is 2. The second kappa shape index (κ2) is 5.09. The maximum Gasteiger partial charge on any atom is 0.336 e. The molecular formula is C11H9BrN2O4. The molecule has 2 N–H and O–H groups in total. The molecule has 1 aromatic carbocycles. The van der Waals surface area contributed by atoms with Crippen molar-refractivity contribution in [1.29, 1.82) is 0 Å². The Morgan fingerprint density at radius 3 is 2.83 bits per heavy atom. The SMILES string of the molecule is O=C(O)c1cccc(Br)c1COc1ccn(O)n1. The lowest BCUT2D eigenvalue weighted by Gasteiger charge is -2.08. The molecule has 18 heavy (non-hydrogen) atoms. The first-order valence-corrected chi connectivity index (χ1v) is 5.75. The summed E-state index contributed by atoms with van der Waals surface area (Å²) < 4.78 is 5.94. The van der Waals surface area contributed by atoms with Crippen LogP contribution in [0, 0.1) is 0 Å². The molecule has 7 heteroatoms. The van der Waals surface area contributed by atoms with Crippen LogP contribution in [0.4, 0.5) is 0 Å². The van der Waals surface area contributed by atoms with E-state index in [0.29, 0.717) is 14.9 Å². The minimum atomic E-state index is -1.03. The van der Waals surface area contributed by atoms with E-state index in [1.165, 1.54) is 18.3 Å². The molecule has 0 aliphatic carbocycles. The smallest absolute Gasteiger partial charge is 0.336 e. The molecule has 94 valence electrons. The molecule has 6 nitrogen and oxygen atoms in total. The van der Waals surface area contributed by atoms with Gasteiger partial charge in [0.15, 0.2) is 0 Å². The van der Waals surface area contributed by atoms with Gasteiger partial charge in [0.25, 0.3) is 0 Å². The van der Waals surface area contributed by atoms with Crippen molar-refractivity contribution in [3.63, 3.8) is 0 Å². The van der Waals surface area contributed by atoms with Crippen LogP contribution in [0.25, 0.3) is 0 Å². The quantitative estimate of drug-likeness (QED) is 0.845. The number of hydrogen-bond acceptors (Lipinski definition) is 4. The van der Waals surface area contributed by atoms with Gasteiger partial charge >= 0.3 is 5.97 Å². The molecule has 0 spiro atoms. The predicted molar refractivity (Wildman–Crippen MR) is 64.8 cm³/mol. The number of rotatable bonds is 4. The predicted octanol–water partition coefficient (Wildman–Crippen LogP) is 2.16. The molecule has 0 saturated carbocycles. The molecule has 1 heterocycles. The summed E-state index contributed by atoms with van der Waals surface area (Å²) in [6, 6.07) is 6.34. The fraction of sp³-hybridized carbons (Fsp3) is 0.0909. The summed E-state index contributed by atoms with van der Waals surface area (Å²) in [6.45, 7) is 0.0417. The maximum atomic E-state index is 11.1. The van der Waals surface area contributed by atoms with E-state index in [1.54, 1.807) is 12.1 Å². The van der Waals surface area contributed by atoms with Crippen molar-refractivity contribution < 1.29 is 19.8 Å². The molecule has 0 aliphatic heterocycles. The van der Waals surface area contributed by atoms with Crippen molar-refractivity contribution in [2.45, 2.75) is 6.61 Å². The van der Waals surface area contributed by atoms with Crippen LogP contribution >= 0.6 is 15.9 Å². The molecule has 0 saturated heterocycles. The minimum absolute atomic E-state index is 0.0417. The van der Waals surface area contributed by atoms with Crippen LogP contribution in [0.15, 0.2) is 34.9 Å². The Hall–Kier alpha value is -2.02. The van der Waals surface area contributed by atoms with Crippen molar-refractivity contribution in [3.8, 4) is 5.88 Å². The standard InChI is InChI=1S/C11H9BrN2O4/c12-9-3-1-2-7(11(15)16)8(9)6-18-10-4-5-14(17)13-10/h1-5,17H,6H2,(H,15,16). The molecule has 0 aliphatic rings. The van der Waals surface area contributed by atoms with E-state index < -0.39 is 5.97 Å². The first kappa shape index (κ1) is 12.4. The van der Waals surface area contributed by atoms with E-state index in [4.69, 9.17) is 15.1 Å². The number of nitrogens with zero attached hydrogens (tertiary/aromatic N) is 2. The molecule has 0 amide bonds. The number of carboxylic acids is 1.